The van der Waals surface area contributed by atoms with Gasteiger partial charge >= 0.3 is 0 Å². The van der Waals surface area contributed by atoms with Gasteiger partial charge in [-0.2, -0.15) is 0 Å². The van der Waals surface area contributed by atoms with Gasteiger partial charge in [0, 0.05) is 31.7 Å². The van der Waals surface area contributed by atoms with Gasteiger partial charge in [-0.25, -0.2) is 4.99 Å². The molecule has 3 rings (SSSR count). The molecule has 1 amide bonds. The zero-order chi connectivity index (χ0) is 19.1. The van der Waals surface area contributed by atoms with Crippen molar-refractivity contribution in [1.29, 1.82) is 0 Å². The molecule has 2 atom stereocenters. The number of nitrogens with one attached hydrogen (secondary N) is 2. The van der Waals surface area contributed by atoms with Crippen LogP contribution in [0, 0.1) is 11.8 Å². The molecule has 1 heterocycles. The molecule has 2 fully saturated rings. The van der Waals surface area contributed by atoms with Crippen LogP contribution in [0.3, 0.4) is 0 Å². The van der Waals surface area contributed by atoms with Crippen molar-refractivity contribution in [2.24, 2.45) is 16.8 Å². The largest absolute Gasteiger partial charge is 0.357 e. The first kappa shape index (κ1) is 23.0. The molecule has 0 aromatic heterocycles. The lowest BCUT2D eigenvalue weighted by Gasteiger charge is -2.22. The minimum atomic E-state index is -0.00166. The molecular formula is C22H35IN4O. The summed E-state index contributed by atoms with van der Waals surface area (Å²) in [6.45, 7) is 8.64. The van der Waals surface area contributed by atoms with E-state index in [4.69, 9.17) is 4.99 Å². The summed E-state index contributed by atoms with van der Waals surface area (Å²) in [6.07, 6.45) is 6.45. The smallest absolute Gasteiger partial charge is 0.251 e. The Morgan fingerprint density at radius 2 is 1.86 bits per heavy atom. The predicted octanol–water partition coefficient (Wildman–Crippen LogP) is 4.03. The van der Waals surface area contributed by atoms with Crippen LogP contribution in [-0.2, 0) is 6.54 Å². The number of fused-ring (bicyclic) bond motifs is 1. The van der Waals surface area contributed by atoms with Gasteiger partial charge in [-0.3, -0.25) is 4.79 Å². The Hall–Kier alpha value is -1.31. The molecule has 1 aliphatic carbocycles. The molecular weight excluding hydrogens is 463 g/mol. The SMILES string of the molecule is CCCNC(=O)c1cccc(CN=C(NCC)N2CC3CCCCC3C2)c1.I. The first-order chi connectivity index (χ1) is 13.2. The number of amides is 1. The number of carbonyl (C=O) groups excluding carboxylic acids is 1. The van der Waals surface area contributed by atoms with Gasteiger partial charge < -0.3 is 15.5 Å². The standard InChI is InChI=1S/C22H34N4O.HI/c1-3-12-24-21(27)18-11-7-8-17(13-18)14-25-22(23-4-2)26-15-19-9-5-6-10-20(19)16-26;/h7-8,11,13,19-20H,3-6,9-10,12,14-16H2,1-2H3,(H,23,25)(H,24,27);1H. The summed E-state index contributed by atoms with van der Waals surface area (Å²) in [7, 11) is 0. The average Bonchev–Trinajstić information content (AvgIpc) is 3.13. The van der Waals surface area contributed by atoms with Gasteiger partial charge in [0.25, 0.3) is 5.91 Å². The summed E-state index contributed by atoms with van der Waals surface area (Å²) in [5.41, 5.74) is 1.79. The molecule has 28 heavy (non-hydrogen) atoms. The molecule has 1 aromatic carbocycles. The van der Waals surface area contributed by atoms with Gasteiger partial charge in [0.15, 0.2) is 5.96 Å². The van der Waals surface area contributed by atoms with Crippen LogP contribution in [0.1, 0.15) is 61.9 Å². The lowest BCUT2D eigenvalue weighted by Crippen LogP contribution is -2.40. The Morgan fingerprint density at radius 1 is 1.14 bits per heavy atom. The molecule has 0 radical (unpaired) electrons. The summed E-state index contributed by atoms with van der Waals surface area (Å²) >= 11 is 0. The number of benzene rings is 1. The van der Waals surface area contributed by atoms with E-state index in [9.17, 15) is 4.79 Å². The fraction of sp³-hybridized carbons (Fsp3) is 0.636. The molecule has 156 valence electrons. The Kier molecular flexibility index (Phi) is 9.55. The van der Waals surface area contributed by atoms with E-state index >= 15 is 0 Å². The fourth-order valence-corrected chi connectivity index (χ4v) is 4.32. The quantitative estimate of drug-likeness (QED) is 0.354. The maximum Gasteiger partial charge on any atom is 0.251 e. The number of hydrogen-bond acceptors (Lipinski definition) is 2. The fourth-order valence-electron chi connectivity index (χ4n) is 4.32. The molecule has 1 saturated heterocycles. The predicted molar refractivity (Wildman–Crippen MR) is 126 cm³/mol. The van der Waals surface area contributed by atoms with Crippen LogP contribution in [0.2, 0.25) is 0 Å². The minimum Gasteiger partial charge on any atom is -0.357 e. The molecule has 0 spiro atoms. The normalized spacial score (nSPS) is 21.6. The van der Waals surface area contributed by atoms with Crippen molar-refractivity contribution in [3.05, 3.63) is 35.4 Å². The molecule has 5 nitrogen and oxygen atoms in total. The number of carbonyl (C=O) groups is 1. The van der Waals surface area contributed by atoms with Crippen LogP contribution in [0.4, 0.5) is 0 Å². The van der Waals surface area contributed by atoms with Gasteiger partial charge in [-0.1, -0.05) is 31.9 Å². The third-order valence-electron chi connectivity index (χ3n) is 5.75. The second-order valence-electron chi connectivity index (χ2n) is 7.84. The van der Waals surface area contributed by atoms with Crippen LogP contribution in [0.25, 0.3) is 0 Å². The van der Waals surface area contributed by atoms with Crippen molar-refractivity contribution in [1.82, 2.24) is 15.5 Å². The van der Waals surface area contributed by atoms with Crippen LogP contribution < -0.4 is 10.6 Å². The van der Waals surface area contributed by atoms with E-state index in [1.54, 1.807) is 0 Å². The summed E-state index contributed by atoms with van der Waals surface area (Å²) < 4.78 is 0. The van der Waals surface area contributed by atoms with E-state index in [1.807, 2.05) is 24.3 Å². The van der Waals surface area contributed by atoms with Crippen molar-refractivity contribution < 1.29 is 4.79 Å². The second kappa shape index (κ2) is 11.6. The van der Waals surface area contributed by atoms with E-state index in [2.05, 4.69) is 29.4 Å². The number of rotatable bonds is 6. The zero-order valence-corrected chi connectivity index (χ0v) is 19.6. The third-order valence-corrected chi connectivity index (χ3v) is 5.75. The van der Waals surface area contributed by atoms with E-state index in [0.29, 0.717) is 18.7 Å². The number of guanidine groups is 1. The van der Waals surface area contributed by atoms with E-state index in [1.165, 1.54) is 25.7 Å². The van der Waals surface area contributed by atoms with Gasteiger partial charge in [-0.05, 0) is 55.7 Å². The molecule has 1 aromatic rings. The van der Waals surface area contributed by atoms with Crippen LogP contribution in [-0.4, -0.2) is 42.9 Å². The molecule has 0 bridgehead atoms. The highest BCUT2D eigenvalue weighted by atomic mass is 127. The Balaban J connectivity index is 0.00000280. The van der Waals surface area contributed by atoms with Crippen molar-refractivity contribution in [2.45, 2.75) is 52.5 Å². The zero-order valence-electron chi connectivity index (χ0n) is 17.2. The molecule has 2 N–H and O–H groups in total. The van der Waals surface area contributed by atoms with Crippen molar-refractivity contribution in [2.75, 3.05) is 26.2 Å². The molecule has 1 saturated carbocycles. The maximum atomic E-state index is 12.2. The van der Waals surface area contributed by atoms with Gasteiger partial charge in [-0.15, -0.1) is 24.0 Å². The summed E-state index contributed by atoms with van der Waals surface area (Å²) in [6, 6.07) is 7.83. The van der Waals surface area contributed by atoms with Crippen molar-refractivity contribution >= 4 is 35.8 Å². The first-order valence-corrected chi connectivity index (χ1v) is 10.6. The molecule has 6 heteroatoms. The lowest BCUT2D eigenvalue weighted by molar-refractivity contribution is 0.0953. The van der Waals surface area contributed by atoms with E-state index in [-0.39, 0.29) is 29.9 Å². The van der Waals surface area contributed by atoms with Crippen LogP contribution >= 0.6 is 24.0 Å². The summed E-state index contributed by atoms with van der Waals surface area (Å²) in [5.74, 6) is 2.70. The molecule has 2 unspecified atom stereocenters. The highest BCUT2D eigenvalue weighted by Crippen LogP contribution is 2.35. The number of halogens is 1. The van der Waals surface area contributed by atoms with Gasteiger partial charge in [0.2, 0.25) is 0 Å². The molecule has 1 aliphatic heterocycles. The van der Waals surface area contributed by atoms with Crippen molar-refractivity contribution in [3.8, 4) is 0 Å². The number of likely N-dealkylation sites (tertiary alicyclic amines) is 1. The summed E-state index contributed by atoms with van der Waals surface area (Å²) in [4.78, 5) is 19.5. The maximum absolute atomic E-state index is 12.2. The minimum absolute atomic E-state index is 0. The Morgan fingerprint density at radius 3 is 2.50 bits per heavy atom. The number of nitrogens with zero attached hydrogens (tertiary/aromatic N) is 2. The highest BCUT2D eigenvalue weighted by molar-refractivity contribution is 14.0. The van der Waals surface area contributed by atoms with E-state index < -0.39 is 0 Å². The highest BCUT2D eigenvalue weighted by Gasteiger charge is 2.35. The number of hydrogen-bond donors (Lipinski definition) is 2. The second-order valence-corrected chi connectivity index (χ2v) is 7.84. The lowest BCUT2D eigenvalue weighted by atomic mass is 9.82. The Labute approximate surface area is 186 Å². The number of aliphatic imine (C=N–C) groups is 1. The van der Waals surface area contributed by atoms with E-state index in [0.717, 1.165) is 49.4 Å². The Bertz CT molecular complexity index is 650. The van der Waals surface area contributed by atoms with Crippen LogP contribution in [0.15, 0.2) is 29.3 Å². The van der Waals surface area contributed by atoms with Gasteiger partial charge in [0.05, 0.1) is 6.54 Å². The average molecular weight is 498 g/mol. The monoisotopic (exact) mass is 498 g/mol. The molecule has 2 aliphatic rings. The summed E-state index contributed by atoms with van der Waals surface area (Å²) in [5, 5.41) is 6.41. The third kappa shape index (κ3) is 6.09. The van der Waals surface area contributed by atoms with Crippen molar-refractivity contribution in [3.63, 3.8) is 0 Å². The topological polar surface area (TPSA) is 56.7 Å². The first-order valence-electron chi connectivity index (χ1n) is 10.6. The van der Waals surface area contributed by atoms with Crippen LogP contribution in [0.5, 0.6) is 0 Å². The van der Waals surface area contributed by atoms with Gasteiger partial charge in [0.1, 0.15) is 0 Å².